The number of nitrogens with zero attached hydrogens (tertiary/aromatic N) is 3. The summed E-state index contributed by atoms with van der Waals surface area (Å²) in [5.41, 5.74) is -0.351. The van der Waals surface area contributed by atoms with E-state index in [1.54, 1.807) is 11.5 Å². The topological polar surface area (TPSA) is 21.1 Å². The average Bonchev–Trinajstić information content (AvgIpc) is 2.70. The Balaban J connectivity index is 2.11. The van der Waals surface area contributed by atoms with Gasteiger partial charge >= 0.3 is 0 Å². The van der Waals surface area contributed by atoms with Crippen molar-refractivity contribution in [1.29, 1.82) is 0 Å². The van der Waals surface area contributed by atoms with Crippen molar-refractivity contribution in [1.82, 2.24) is 14.2 Å². The van der Waals surface area contributed by atoms with Crippen LogP contribution in [0.5, 0.6) is 0 Å². The first-order valence-electron chi connectivity index (χ1n) is 6.40. The highest BCUT2D eigenvalue weighted by molar-refractivity contribution is 8.00. The minimum Gasteiger partial charge on any atom is -0.274 e. The van der Waals surface area contributed by atoms with Gasteiger partial charge in [-0.1, -0.05) is 11.8 Å². The lowest BCUT2D eigenvalue weighted by Gasteiger charge is -2.35. The van der Waals surface area contributed by atoms with Gasteiger partial charge in [0.15, 0.2) is 5.00 Å². The Hall–Kier alpha value is -0.400. The van der Waals surface area contributed by atoms with Crippen LogP contribution in [-0.4, -0.2) is 32.3 Å². The van der Waals surface area contributed by atoms with E-state index in [9.17, 15) is 13.2 Å². The van der Waals surface area contributed by atoms with Gasteiger partial charge in [0.25, 0.3) is 6.43 Å². The van der Waals surface area contributed by atoms with Crippen molar-refractivity contribution in [3.8, 4) is 0 Å². The molecule has 0 N–H and O–H groups in total. The van der Waals surface area contributed by atoms with Gasteiger partial charge in [0.1, 0.15) is 5.69 Å². The quantitative estimate of drug-likeness (QED) is 0.616. The summed E-state index contributed by atoms with van der Waals surface area (Å²) >= 11 is 6.69. The molecule has 1 aliphatic heterocycles. The lowest BCUT2D eigenvalue weighted by Crippen LogP contribution is -2.36. The molecule has 0 spiro atoms. The molecule has 1 atom stereocenters. The van der Waals surface area contributed by atoms with Crippen LogP contribution < -0.4 is 0 Å². The standard InChI is InChI=1S/C12H17ClF3N3S/c1-12(16,8-3-5-19(13)6-4-8)20-9-7-18(2)17-10(9)11(14)15/h7-8,11H,3-6H2,1-2H3/t12-/m1/s1. The first kappa shape index (κ1) is 16.0. The molecule has 2 rings (SSSR count). The van der Waals surface area contributed by atoms with Gasteiger partial charge in [-0.2, -0.15) is 5.10 Å². The summed E-state index contributed by atoms with van der Waals surface area (Å²) in [7, 11) is 1.55. The zero-order valence-electron chi connectivity index (χ0n) is 11.3. The second-order valence-corrected chi connectivity index (χ2v) is 7.05. The molecule has 2 heterocycles. The highest BCUT2D eigenvalue weighted by Gasteiger charge is 2.39. The van der Waals surface area contributed by atoms with Gasteiger partial charge in [0.05, 0.1) is 4.90 Å². The molecule has 1 aliphatic rings. The van der Waals surface area contributed by atoms with Gasteiger partial charge in [-0.15, -0.1) is 0 Å². The Bertz CT molecular complexity index is 459. The molecule has 0 bridgehead atoms. The van der Waals surface area contributed by atoms with Gasteiger partial charge in [0, 0.05) is 32.3 Å². The average molecular weight is 328 g/mol. The van der Waals surface area contributed by atoms with Gasteiger partial charge in [0.2, 0.25) is 0 Å². The molecule has 114 valence electrons. The highest BCUT2D eigenvalue weighted by Crippen LogP contribution is 2.46. The largest absolute Gasteiger partial charge is 0.283 e. The molecule has 8 heteroatoms. The lowest BCUT2D eigenvalue weighted by molar-refractivity contribution is 0.140. The lowest BCUT2D eigenvalue weighted by atomic mass is 9.93. The number of alkyl halides is 3. The number of piperidine rings is 1. The maximum absolute atomic E-state index is 14.9. The fourth-order valence-corrected chi connectivity index (χ4v) is 3.84. The zero-order valence-corrected chi connectivity index (χ0v) is 12.9. The Kier molecular flexibility index (Phi) is 4.92. The summed E-state index contributed by atoms with van der Waals surface area (Å²) in [6.45, 7) is 2.68. The molecular weight excluding hydrogens is 311 g/mol. The van der Waals surface area contributed by atoms with Crippen molar-refractivity contribution in [2.24, 2.45) is 13.0 Å². The third kappa shape index (κ3) is 3.62. The zero-order chi connectivity index (χ0) is 14.9. The van der Waals surface area contributed by atoms with Crippen molar-refractivity contribution in [3.63, 3.8) is 0 Å². The van der Waals surface area contributed by atoms with Gasteiger partial charge in [-0.25, -0.2) is 17.6 Å². The number of hydrogen-bond donors (Lipinski definition) is 0. The van der Waals surface area contributed by atoms with Crippen molar-refractivity contribution in [2.45, 2.75) is 36.1 Å². The number of halogens is 4. The molecule has 0 unspecified atom stereocenters. The molecule has 20 heavy (non-hydrogen) atoms. The first-order chi connectivity index (χ1) is 9.29. The number of aromatic nitrogens is 2. The number of hydrogen-bond acceptors (Lipinski definition) is 3. The predicted octanol–water partition coefficient (Wildman–Crippen LogP) is 4.00. The van der Waals surface area contributed by atoms with E-state index in [-0.39, 0.29) is 16.5 Å². The van der Waals surface area contributed by atoms with Crippen LogP contribution in [-0.2, 0) is 7.05 Å². The molecule has 1 fully saturated rings. The van der Waals surface area contributed by atoms with Crippen LogP contribution in [0.4, 0.5) is 13.2 Å². The second-order valence-electron chi connectivity index (χ2n) is 5.13. The number of aryl methyl sites for hydroxylation is 1. The molecule has 0 aromatic carbocycles. The molecule has 1 aromatic rings. The van der Waals surface area contributed by atoms with Crippen molar-refractivity contribution in [3.05, 3.63) is 11.9 Å². The van der Waals surface area contributed by atoms with Crippen LogP contribution in [0, 0.1) is 5.92 Å². The van der Waals surface area contributed by atoms with E-state index < -0.39 is 11.4 Å². The number of thioether (sulfide) groups is 1. The first-order valence-corrected chi connectivity index (χ1v) is 7.55. The smallest absolute Gasteiger partial charge is 0.274 e. The predicted molar refractivity (Wildman–Crippen MR) is 73.7 cm³/mol. The molecule has 0 saturated carbocycles. The van der Waals surface area contributed by atoms with E-state index in [2.05, 4.69) is 5.10 Å². The van der Waals surface area contributed by atoms with Gasteiger partial charge < -0.3 is 0 Å². The second kappa shape index (κ2) is 6.15. The summed E-state index contributed by atoms with van der Waals surface area (Å²) in [4.78, 5) is 0.209. The van der Waals surface area contributed by atoms with E-state index in [1.807, 2.05) is 0 Å². The third-order valence-electron chi connectivity index (χ3n) is 3.51. The summed E-state index contributed by atoms with van der Waals surface area (Å²) < 4.78 is 43.5. The minimum atomic E-state index is -2.70. The third-order valence-corrected chi connectivity index (χ3v) is 5.11. The van der Waals surface area contributed by atoms with E-state index in [1.165, 1.54) is 17.8 Å². The van der Waals surface area contributed by atoms with Crippen LogP contribution in [0.2, 0.25) is 0 Å². The van der Waals surface area contributed by atoms with E-state index in [0.717, 1.165) is 11.8 Å². The molecule has 1 saturated heterocycles. The monoisotopic (exact) mass is 327 g/mol. The van der Waals surface area contributed by atoms with Crippen molar-refractivity contribution >= 4 is 23.5 Å². The maximum atomic E-state index is 14.9. The molecule has 0 aliphatic carbocycles. The van der Waals surface area contributed by atoms with Gasteiger partial charge in [-0.05, 0) is 31.5 Å². The molecule has 1 aromatic heterocycles. The van der Waals surface area contributed by atoms with Crippen LogP contribution in [0.25, 0.3) is 0 Å². The van der Waals surface area contributed by atoms with Crippen LogP contribution in [0.15, 0.2) is 11.1 Å². The summed E-state index contributed by atoms with van der Waals surface area (Å²) in [5, 5.41) is 2.09. The normalized spacial score (nSPS) is 21.4. The molecule has 0 amide bonds. The van der Waals surface area contributed by atoms with E-state index in [4.69, 9.17) is 11.8 Å². The molecular formula is C12H17ClF3N3S. The van der Waals surface area contributed by atoms with Crippen LogP contribution in [0.1, 0.15) is 31.9 Å². The Morgan fingerprint density at radius 3 is 2.60 bits per heavy atom. The summed E-state index contributed by atoms with van der Waals surface area (Å²) in [5.74, 6) is -0.201. The fourth-order valence-electron chi connectivity index (χ4n) is 2.38. The van der Waals surface area contributed by atoms with Crippen molar-refractivity contribution in [2.75, 3.05) is 13.1 Å². The number of rotatable bonds is 4. The Labute approximate surface area is 125 Å². The van der Waals surface area contributed by atoms with Gasteiger partial charge in [-0.3, -0.25) is 4.68 Å². The van der Waals surface area contributed by atoms with Crippen LogP contribution >= 0.6 is 23.5 Å². The maximum Gasteiger partial charge on any atom is 0.283 e. The SMILES string of the molecule is Cn1cc(S[C@@](C)(F)C2CCN(Cl)CC2)c(C(F)F)n1. The highest BCUT2D eigenvalue weighted by atomic mass is 35.5. The molecule has 3 nitrogen and oxygen atoms in total. The van der Waals surface area contributed by atoms with Crippen LogP contribution in [0.3, 0.4) is 0 Å². The fraction of sp³-hybridized carbons (Fsp3) is 0.750. The van der Waals surface area contributed by atoms with E-state index in [0.29, 0.717) is 25.9 Å². The van der Waals surface area contributed by atoms with Crippen molar-refractivity contribution < 1.29 is 13.2 Å². The Morgan fingerprint density at radius 1 is 1.45 bits per heavy atom. The summed E-state index contributed by atoms with van der Waals surface area (Å²) in [6, 6.07) is 0. The Morgan fingerprint density at radius 2 is 2.05 bits per heavy atom. The van der Waals surface area contributed by atoms with E-state index >= 15 is 0 Å². The molecule has 0 radical (unpaired) electrons. The minimum absolute atomic E-state index is 0.201. The summed E-state index contributed by atoms with van der Waals surface area (Å²) in [6.07, 6.45) is -0.0124.